The van der Waals surface area contributed by atoms with Crippen molar-refractivity contribution in [3.63, 3.8) is 0 Å². The Bertz CT molecular complexity index is 622. The average molecular weight is 260 g/mol. The van der Waals surface area contributed by atoms with Gasteiger partial charge in [0.2, 0.25) is 0 Å². The Hall–Kier alpha value is -2.11. The second kappa shape index (κ2) is 4.53. The standard InChI is InChI=1S/C13H16N4O2/c1-9-5-11-14-8-15-17(11)12(6-9)16-4-3-10(7-16)13(18)19-2/h5-6,8,10H,3-4,7H2,1-2H3. The van der Waals surface area contributed by atoms with Crippen LogP contribution in [-0.2, 0) is 9.53 Å². The maximum Gasteiger partial charge on any atom is 0.310 e. The van der Waals surface area contributed by atoms with Crippen molar-refractivity contribution in [3.8, 4) is 0 Å². The van der Waals surface area contributed by atoms with Gasteiger partial charge in [0, 0.05) is 13.1 Å². The molecule has 2 aromatic rings. The highest BCUT2D eigenvalue weighted by Crippen LogP contribution is 2.25. The molecule has 0 saturated carbocycles. The molecular formula is C13H16N4O2. The van der Waals surface area contributed by atoms with Gasteiger partial charge in [0.05, 0.1) is 13.0 Å². The van der Waals surface area contributed by atoms with Crippen LogP contribution in [-0.4, -0.2) is 40.8 Å². The Morgan fingerprint density at radius 1 is 1.47 bits per heavy atom. The number of nitrogens with zero attached hydrogens (tertiary/aromatic N) is 4. The van der Waals surface area contributed by atoms with Crippen LogP contribution in [0.1, 0.15) is 12.0 Å². The summed E-state index contributed by atoms with van der Waals surface area (Å²) in [4.78, 5) is 18.0. The van der Waals surface area contributed by atoms with Crippen molar-refractivity contribution < 1.29 is 9.53 Å². The predicted molar refractivity (Wildman–Crippen MR) is 70.1 cm³/mol. The first-order valence-corrected chi connectivity index (χ1v) is 6.32. The molecule has 6 nitrogen and oxygen atoms in total. The van der Waals surface area contributed by atoms with Gasteiger partial charge in [-0.3, -0.25) is 4.79 Å². The highest BCUT2D eigenvalue weighted by atomic mass is 16.5. The largest absolute Gasteiger partial charge is 0.469 e. The number of carbonyl (C=O) groups excluding carboxylic acids is 1. The van der Waals surface area contributed by atoms with E-state index in [-0.39, 0.29) is 11.9 Å². The van der Waals surface area contributed by atoms with Gasteiger partial charge in [0.15, 0.2) is 5.65 Å². The van der Waals surface area contributed by atoms with Crippen LogP contribution in [0.25, 0.3) is 5.65 Å². The Morgan fingerprint density at radius 2 is 2.32 bits per heavy atom. The molecular weight excluding hydrogens is 244 g/mol. The highest BCUT2D eigenvalue weighted by molar-refractivity contribution is 5.74. The van der Waals surface area contributed by atoms with Crippen molar-refractivity contribution in [3.05, 3.63) is 24.0 Å². The van der Waals surface area contributed by atoms with E-state index in [0.29, 0.717) is 6.54 Å². The zero-order valence-electron chi connectivity index (χ0n) is 11.0. The molecule has 1 aliphatic rings. The van der Waals surface area contributed by atoms with Crippen molar-refractivity contribution >= 4 is 17.4 Å². The molecule has 0 aromatic carbocycles. The predicted octanol–water partition coefficient (Wildman–Crippen LogP) is 1.04. The summed E-state index contributed by atoms with van der Waals surface area (Å²) in [5.41, 5.74) is 1.97. The van der Waals surface area contributed by atoms with Crippen molar-refractivity contribution in [1.29, 1.82) is 0 Å². The third kappa shape index (κ3) is 2.03. The second-order valence-electron chi connectivity index (χ2n) is 4.88. The van der Waals surface area contributed by atoms with E-state index < -0.39 is 0 Å². The van der Waals surface area contributed by atoms with E-state index in [0.717, 1.165) is 30.0 Å². The van der Waals surface area contributed by atoms with Crippen molar-refractivity contribution in [2.75, 3.05) is 25.1 Å². The summed E-state index contributed by atoms with van der Waals surface area (Å²) in [6.07, 6.45) is 2.36. The van der Waals surface area contributed by atoms with Crippen LogP contribution in [0.15, 0.2) is 18.5 Å². The monoisotopic (exact) mass is 260 g/mol. The zero-order chi connectivity index (χ0) is 13.4. The maximum absolute atomic E-state index is 11.6. The fraction of sp³-hybridized carbons (Fsp3) is 0.462. The molecule has 0 aliphatic carbocycles. The molecule has 1 unspecified atom stereocenters. The molecule has 2 aromatic heterocycles. The first-order chi connectivity index (χ1) is 9.19. The molecule has 1 atom stereocenters. The number of esters is 1. The number of hydrogen-bond donors (Lipinski definition) is 0. The fourth-order valence-corrected chi connectivity index (χ4v) is 2.59. The summed E-state index contributed by atoms with van der Waals surface area (Å²) in [5.74, 6) is 0.799. The van der Waals surface area contributed by atoms with Gasteiger partial charge in [-0.1, -0.05) is 0 Å². The topological polar surface area (TPSA) is 59.7 Å². The minimum Gasteiger partial charge on any atom is -0.469 e. The second-order valence-corrected chi connectivity index (χ2v) is 4.88. The Labute approximate surface area is 111 Å². The number of aromatic nitrogens is 3. The molecule has 19 heavy (non-hydrogen) atoms. The number of fused-ring (bicyclic) bond motifs is 1. The van der Waals surface area contributed by atoms with Gasteiger partial charge in [0.1, 0.15) is 12.1 Å². The van der Waals surface area contributed by atoms with E-state index in [9.17, 15) is 4.79 Å². The quantitative estimate of drug-likeness (QED) is 0.755. The lowest BCUT2D eigenvalue weighted by molar-refractivity contribution is -0.144. The number of anilines is 1. The highest BCUT2D eigenvalue weighted by Gasteiger charge is 2.30. The Balaban J connectivity index is 1.93. The van der Waals surface area contributed by atoms with Gasteiger partial charge in [-0.2, -0.15) is 9.61 Å². The van der Waals surface area contributed by atoms with Crippen molar-refractivity contribution in [2.45, 2.75) is 13.3 Å². The van der Waals surface area contributed by atoms with E-state index in [1.807, 2.05) is 17.5 Å². The normalized spacial score (nSPS) is 19.1. The molecule has 0 spiro atoms. The summed E-state index contributed by atoms with van der Waals surface area (Å²) in [6, 6.07) is 4.06. The smallest absolute Gasteiger partial charge is 0.310 e. The van der Waals surface area contributed by atoms with E-state index in [2.05, 4.69) is 21.0 Å². The number of ether oxygens (including phenoxy) is 1. The fourth-order valence-electron chi connectivity index (χ4n) is 2.59. The van der Waals surface area contributed by atoms with Crippen LogP contribution in [0.5, 0.6) is 0 Å². The van der Waals surface area contributed by atoms with Gasteiger partial charge in [-0.15, -0.1) is 0 Å². The minimum absolute atomic E-state index is 0.0518. The molecule has 100 valence electrons. The van der Waals surface area contributed by atoms with E-state index >= 15 is 0 Å². The summed E-state index contributed by atoms with van der Waals surface area (Å²) in [7, 11) is 1.44. The summed E-state index contributed by atoms with van der Waals surface area (Å²) in [6.45, 7) is 3.54. The molecule has 6 heteroatoms. The first kappa shape index (κ1) is 12.0. The number of aryl methyl sites for hydroxylation is 1. The lowest BCUT2D eigenvalue weighted by atomic mass is 10.1. The first-order valence-electron chi connectivity index (χ1n) is 6.32. The molecule has 1 aliphatic heterocycles. The third-order valence-electron chi connectivity index (χ3n) is 3.55. The third-order valence-corrected chi connectivity index (χ3v) is 3.55. The summed E-state index contributed by atoms with van der Waals surface area (Å²) >= 11 is 0. The Morgan fingerprint density at radius 3 is 3.11 bits per heavy atom. The minimum atomic E-state index is -0.134. The molecule has 1 fully saturated rings. The van der Waals surface area contributed by atoms with E-state index in [1.165, 1.54) is 7.11 Å². The van der Waals surface area contributed by atoms with Crippen LogP contribution >= 0.6 is 0 Å². The number of carbonyl (C=O) groups is 1. The molecule has 0 N–H and O–H groups in total. The van der Waals surface area contributed by atoms with Crippen LogP contribution in [0.3, 0.4) is 0 Å². The summed E-state index contributed by atoms with van der Waals surface area (Å²) < 4.78 is 6.63. The van der Waals surface area contributed by atoms with Crippen molar-refractivity contribution in [1.82, 2.24) is 14.6 Å². The lowest BCUT2D eigenvalue weighted by Gasteiger charge is -2.19. The number of rotatable bonds is 2. The summed E-state index contributed by atoms with van der Waals surface area (Å²) in [5, 5.41) is 4.24. The zero-order valence-corrected chi connectivity index (χ0v) is 11.0. The van der Waals surface area contributed by atoms with E-state index in [1.54, 1.807) is 6.33 Å². The average Bonchev–Trinajstić information content (AvgIpc) is 3.05. The van der Waals surface area contributed by atoms with Gasteiger partial charge >= 0.3 is 5.97 Å². The molecule has 0 bridgehead atoms. The van der Waals surface area contributed by atoms with Gasteiger partial charge in [0.25, 0.3) is 0 Å². The molecule has 1 saturated heterocycles. The molecule has 0 radical (unpaired) electrons. The maximum atomic E-state index is 11.6. The molecule has 3 rings (SSSR count). The van der Waals surface area contributed by atoms with Crippen LogP contribution in [0, 0.1) is 12.8 Å². The van der Waals surface area contributed by atoms with Crippen LogP contribution in [0.4, 0.5) is 5.82 Å². The van der Waals surface area contributed by atoms with Gasteiger partial charge in [-0.25, -0.2) is 4.98 Å². The van der Waals surface area contributed by atoms with Gasteiger partial charge < -0.3 is 9.64 Å². The van der Waals surface area contributed by atoms with Crippen molar-refractivity contribution in [2.24, 2.45) is 5.92 Å². The lowest BCUT2D eigenvalue weighted by Crippen LogP contribution is -2.25. The molecule has 3 heterocycles. The van der Waals surface area contributed by atoms with Crippen LogP contribution in [0.2, 0.25) is 0 Å². The SMILES string of the molecule is COC(=O)C1CCN(c2cc(C)cc3ncnn23)C1. The van der Waals surface area contributed by atoms with Gasteiger partial charge in [-0.05, 0) is 31.0 Å². The Kier molecular flexibility index (Phi) is 2.85. The van der Waals surface area contributed by atoms with Crippen LogP contribution < -0.4 is 4.90 Å². The number of pyridine rings is 1. The van der Waals surface area contributed by atoms with E-state index in [4.69, 9.17) is 4.74 Å². The molecule has 0 amide bonds. The number of methoxy groups -OCH3 is 1. The number of hydrogen-bond acceptors (Lipinski definition) is 5.